The summed E-state index contributed by atoms with van der Waals surface area (Å²) in [5, 5.41) is 9.23. The average molecular weight is 250 g/mol. The molecule has 3 heteroatoms. The number of aliphatic hydroxyl groups excluding tert-OH is 1. The van der Waals surface area contributed by atoms with E-state index in [-0.39, 0.29) is 12.1 Å². The highest BCUT2D eigenvalue weighted by Crippen LogP contribution is 2.15. The predicted molar refractivity (Wildman–Crippen MR) is 76.5 cm³/mol. The van der Waals surface area contributed by atoms with Crippen molar-refractivity contribution in [3.05, 3.63) is 35.4 Å². The Labute approximate surface area is 111 Å². The second-order valence-corrected chi connectivity index (χ2v) is 5.25. The maximum Gasteiger partial charge on any atom is 0.0524 e. The lowest BCUT2D eigenvalue weighted by Gasteiger charge is -2.20. The Bertz CT molecular complexity index is 335. The van der Waals surface area contributed by atoms with Gasteiger partial charge in [-0.2, -0.15) is 0 Å². The van der Waals surface area contributed by atoms with Crippen LogP contribution < -0.4 is 5.73 Å². The van der Waals surface area contributed by atoms with Gasteiger partial charge in [0.1, 0.15) is 0 Å². The molecule has 2 unspecified atom stereocenters. The monoisotopic (exact) mass is 250 g/mol. The molecule has 3 N–H and O–H groups in total. The van der Waals surface area contributed by atoms with E-state index in [4.69, 9.17) is 5.73 Å². The smallest absolute Gasteiger partial charge is 0.0524 e. The largest absolute Gasteiger partial charge is 0.393 e. The molecule has 0 spiro atoms. The molecule has 3 nitrogen and oxygen atoms in total. The lowest BCUT2D eigenvalue weighted by atomic mass is 10.0. The van der Waals surface area contributed by atoms with Gasteiger partial charge in [0.25, 0.3) is 0 Å². The third-order valence-corrected chi connectivity index (χ3v) is 3.26. The van der Waals surface area contributed by atoms with Crippen molar-refractivity contribution in [1.82, 2.24) is 4.90 Å². The van der Waals surface area contributed by atoms with Gasteiger partial charge in [0, 0.05) is 12.6 Å². The minimum absolute atomic E-state index is 0.0969. The van der Waals surface area contributed by atoms with E-state index >= 15 is 0 Å². The van der Waals surface area contributed by atoms with Crippen molar-refractivity contribution in [2.24, 2.45) is 5.73 Å². The Hall–Kier alpha value is -0.900. The van der Waals surface area contributed by atoms with Crippen molar-refractivity contribution in [3.8, 4) is 0 Å². The fourth-order valence-electron chi connectivity index (χ4n) is 1.86. The molecule has 1 aromatic carbocycles. The summed E-state index contributed by atoms with van der Waals surface area (Å²) in [6.45, 7) is 5.78. The molecule has 0 saturated heterocycles. The number of rotatable bonds is 7. The standard InChI is InChI=1S/C15H26N2O/c1-12-4-6-14(7-5-12)15(16)9-11-17(3)10-8-13(2)18/h4-7,13,15,18H,8-11,16H2,1-3H3. The van der Waals surface area contributed by atoms with Crippen LogP contribution in [0.25, 0.3) is 0 Å². The number of hydrogen-bond acceptors (Lipinski definition) is 3. The second-order valence-electron chi connectivity index (χ2n) is 5.25. The summed E-state index contributed by atoms with van der Waals surface area (Å²) in [5.41, 5.74) is 8.64. The van der Waals surface area contributed by atoms with Crippen LogP contribution in [0.4, 0.5) is 0 Å². The molecule has 0 radical (unpaired) electrons. The first-order chi connectivity index (χ1) is 8.49. The first kappa shape index (κ1) is 15.2. The van der Waals surface area contributed by atoms with Gasteiger partial charge >= 0.3 is 0 Å². The Balaban J connectivity index is 2.32. The third-order valence-electron chi connectivity index (χ3n) is 3.26. The van der Waals surface area contributed by atoms with Crippen LogP contribution in [0.1, 0.15) is 36.9 Å². The lowest BCUT2D eigenvalue weighted by molar-refractivity contribution is 0.163. The molecular weight excluding hydrogens is 224 g/mol. The molecule has 102 valence electrons. The van der Waals surface area contributed by atoms with Gasteiger partial charge in [-0.3, -0.25) is 0 Å². The van der Waals surface area contributed by atoms with Gasteiger partial charge in [-0.15, -0.1) is 0 Å². The SMILES string of the molecule is Cc1ccc(C(N)CCN(C)CCC(C)O)cc1. The van der Waals surface area contributed by atoms with E-state index in [2.05, 4.69) is 43.1 Å². The van der Waals surface area contributed by atoms with Gasteiger partial charge in [0.05, 0.1) is 6.10 Å². The summed E-state index contributed by atoms with van der Waals surface area (Å²) in [5.74, 6) is 0. The zero-order chi connectivity index (χ0) is 13.5. The number of benzene rings is 1. The Morgan fingerprint density at radius 1 is 1.17 bits per heavy atom. The molecule has 18 heavy (non-hydrogen) atoms. The number of nitrogens with zero attached hydrogens (tertiary/aromatic N) is 1. The average Bonchev–Trinajstić information content (AvgIpc) is 2.34. The van der Waals surface area contributed by atoms with Crippen LogP contribution in [0.5, 0.6) is 0 Å². The lowest BCUT2D eigenvalue weighted by Crippen LogP contribution is -2.26. The highest BCUT2D eigenvalue weighted by Gasteiger charge is 2.08. The van der Waals surface area contributed by atoms with Gasteiger partial charge in [-0.25, -0.2) is 0 Å². The minimum Gasteiger partial charge on any atom is -0.393 e. The maximum atomic E-state index is 9.23. The van der Waals surface area contributed by atoms with Gasteiger partial charge < -0.3 is 15.7 Å². The Morgan fingerprint density at radius 3 is 2.28 bits per heavy atom. The summed E-state index contributed by atoms with van der Waals surface area (Å²) in [4.78, 5) is 2.22. The van der Waals surface area contributed by atoms with Crippen LogP contribution in [-0.2, 0) is 0 Å². The fraction of sp³-hybridized carbons (Fsp3) is 0.600. The van der Waals surface area contributed by atoms with Crippen molar-refractivity contribution in [3.63, 3.8) is 0 Å². The maximum absolute atomic E-state index is 9.23. The van der Waals surface area contributed by atoms with E-state index in [0.29, 0.717) is 0 Å². The first-order valence-corrected chi connectivity index (χ1v) is 6.68. The normalized spacial score (nSPS) is 14.8. The van der Waals surface area contributed by atoms with Gasteiger partial charge in [-0.05, 0) is 45.8 Å². The Morgan fingerprint density at radius 2 is 1.72 bits per heavy atom. The van der Waals surface area contributed by atoms with Crippen LogP contribution in [-0.4, -0.2) is 36.2 Å². The third kappa shape index (κ3) is 5.63. The second kappa shape index (κ2) is 7.52. The van der Waals surface area contributed by atoms with E-state index in [1.54, 1.807) is 0 Å². The van der Waals surface area contributed by atoms with Crippen molar-refractivity contribution < 1.29 is 5.11 Å². The molecule has 1 aromatic rings. The zero-order valence-electron chi connectivity index (χ0n) is 11.8. The molecule has 1 rings (SSSR count). The van der Waals surface area contributed by atoms with Crippen LogP contribution in [0.15, 0.2) is 24.3 Å². The summed E-state index contributed by atoms with van der Waals surface area (Å²) in [7, 11) is 2.07. The van der Waals surface area contributed by atoms with Crippen molar-refractivity contribution in [2.75, 3.05) is 20.1 Å². The molecule has 0 fully saturated rings. The quantitative estimate of drug-likeness (QED) is 0.779. The van der Waals surface area contributed by atoms with Gasteiger partial charge in [-0.1, -0.05) is 29.8 Å². The van der Waals surface area contributed by atoms with E-state index in [1.165, 1.54) is 11.1 Å². The van der Waals surface area contributed by atoms with Crippen LogP contribution in [0, 0.1) is 6.92 Å². The van der Waals surface area contributed by atoms with E-state index in [0.717, 1.165) is 25.9 Å². The molecule has 0 saturated carbocycles. The van der Waals surface area contributed by atoms with E-state index in [1.807, 2.05) is 6.92 Å². The van der Waals surface area contributed by atoms with Crippen molar-refractivity contribution in [2.45, 2.75) is 38.8 Å². The van der Waals surface area contributed by atoms with Gasteiger partial charge in [0.2, 0.25) is 0 Å². The first-order valence-electron chi connectivity index (χ1n) is 6.68. The molecule has 0 aromatic heterocycles. The van der Waals surface area contributed by atoms with Crippen molar-refractivity contribution >= 4 is 0 Å². The van der Waals surface area contributed by atoms with Crippen molar-refractivity contribution in [1.29, 1.82) is 0 Å². The molecule has 0 heterocycles. The summed E-state index contributed by atoms with van der Waals surface area (Å²) >= 11 is 0. The highest BCUT2D eigenvalue weighted by molar-refractivity contribution is 5.23. The van der Waals surface area contributed by atoms with E-state index in [9.17, 15) is 5.11 Å². The fourth-order valence-corrected chi connectivity index (χ4v) is 1.86. The molecular formula is C15H26N2O. The number of aryl methyl sites for hydroxylation is 1. The number of hydrogen-bond donors (Lipinski definition) is 2. The number of nitrogens with two attached hydrogens (primary N) is 1. The number of aliphatic hydroxyl groups is 1. The van der Waals surface area contributed by atoms with Crippen LogP contribution in [0.2, 0.25) is 0 Å². The highest BCUT2D eigenvalue weighted by atomic mass is 16.3. The molecule has 0 aliphatic carbocycles. The topological polar surface area (TPSA) is 49.5 Å². The summed E-state index contributed by atoms with van der Waals surface area (Å²) in [6, 6.07) is 8.52. The minimum atomic E-state index is -0.224. The molecule has 2 atom stereocenters. The van der Waals surface area contributed by atoms with Crippen LogP contribution >= 0.6 is 0 Å². The summed E-state index contributed by atoms with van der Waals surface area (Å²) in [6.07, 6.45) is 1.54. The zero-order valence-corrected chi connectivity index (χ0v) is 11.8. The Kier molecular flexibility index (Phi) is 6.33. The van der Waals surface area contributed by atoms with Crippen LogP contribution in [0.3, 0.4) is 0 Å². The molecule has 0 amide bonds. The molecule has 0 aliphatic rings. The molecule has 0 aliphatic heterocycles. The van der Waals surface area contributed by atoms with Gasteiger partial charge in [0.15, 0.2) is 0 Å². The summed E-state index contributed by atoms with van der Waals surface area (Å²) < 4.78 is 0. The van der Waals surface area contributed by atoms with E-state index < -0.39 is 0 Å². The molecule has 0 bridgehead atoms. The predicted octanol–water partition coefficient (Wildman–Crippen LogP) is 2.09.